The molecule has 2 aliphatic heterocycles. The number of nitrogens with one attached hydrogen (secondary N) is 1. The van der Waals surface area contributed by atoms with E-state index >= 15 is 0 Å². The van der Waals surface area contributed by atoms with Crippen LogP contribution in [0.25, 0.3) is 10.9 Å². The maximum absolute atomic E-state index is 14.1. The standard InChI is InChI=1S/C31H34N4O2/c1-2-4-20-17-24-25(19-27(20)35-13-11-34(12-14-35)22-5-3-6-22)31(9-15-37-16-10-31)30-28(29(24)36)23-8-7-21(32)18-26(23)33-30/h7-8,17-19,22,33H,3,5-6,9-16,32H2,1H3. The van der Waals surface area contributed by atoms with E-state index in [1.54, 1.807) is 0 Å². The number of fused-ring (bicyclic) bond motifs is 6. The van der Waals surface area contributed by atoms with E-state index in [2.05, 4.69) is 38.8 Å². The van der Waals surface area contributed by atoms with Gasteiger partial charge in [-0.25, -0.2) is 0 Å². The van der Waals surface area contributed by atoms with Crippen molar-refractivity contribution in [1.82, 2.24) is 9.88 Å². The smallest absolute Gasteiger partial charge is 0.195 e. The van der Waals surface area contributed by atoms with Gasteiger partial charge in [-0.05, 0) is 62.4 Å². The fourth-order valence-corrected chi connectivity index (χ4v) is 7.07. The number of carbonyl (C=O) groups is 1. The van der Waals surface area contributed by atoms with Crippen molar-refractivity contribution < 1.29 is 9.53 Å². The van der Waals surface area contributed by atoms with E-state index in [1.807, 2.05) is 25.1 Å². The number of nitrogens with two attached hydrogens (primary N) is 1. The van der Waals surface area contributed by atoms with E-state index in [1.165, 1.54) is 24.9 Å². The molecule has 0 atom stereocenters. The molecule has 0 bridgehead atoms. The average Bonchev–Trinajstić information content (AvgIpc) is 3.27. The molecule has 3 aromatic rings. The third-order valence-corrected chi connectivity index (χ3v) is 9.28. The number of aromatic amines is 1. The number of anilines is 2. The molecule has 3 heterocycles. The van der Waals surface area contributed by atoms with Crippen molar-refractivity contribution in [2.45, 2.75) is 50.5 Å². The molecule has 1 spiro atoms. The predicted octanol–water partition coefficient (Wildman–Crippen LogP) is 4.44. The first-order valence-corrected chi connectivity index (χ1v) is 13.7. The molecule has 6 nitrogen and oxygen atoms in total. The number of nitrogen functional groups attached to an aromatic ring is 1. The summed E-state index contributed by atoms with van der Waals surface area (Å²) in [6.07, 6.45) is 5.74. The molecule has 3 fully saturated rings. The normalized spacial score (nSPS) is 21.3. The molecule has 1 aromatic heterocycles. The van der Waals surface area contributed by atoms with E-state index in [9.17, 15) is 4.79 Å². The van der Waals surface area contributed by atoms with Crippen molar-refractivity contribution in [3.8, 4) is 11.8 Å². The Labute approximate surface area is 218 Å². The first kappa shape index (κ1) is 22.9. The van der Waals surface area contributed by atoms with Crippen LogP contribution in [0.3, 0.4) is 0 Å². The van der Waals surface area contributed by atoms with Crippen LogP contribution in [0.15, 0.2) is 30.3 Å². The summed E-state index contributed by atoms with van der Waals surface area (Å²) >= 11 is 0. The van der Waals surface area contributed by atoms with Gasteiger partial charge in [0.1, 0.15) is 0 Å². The topological polar surface area (TPSA) is 74.6 Å². The lowest BCUT2D eigenvalue weighted by atomic mass is 9.64. The largest absolute Gasteiger partial charge is 0.399 e. The second-order valence-corrected chi connectivity index (χ2v) is 11.1. The fraction of sp³-hybridized carbons (Fsp3) is 0.452. The lowest BCUT2D eigenvalue weighted by Gasteiger charge is -2.45. The van der Waals surface area contributed by atoms with Crippen LogP contribution < -0.4 is 10.6 Å². The molecule has 0 unspecified atom stereocenters. The molecular weight excluding hydrogens is 460 g/mol. The molecule has 37 heavy (non-hydrogen) atoms. The zero-order chi connectivity index (χ0) is 25.1. The van der Waals surface area contributed by atoms with E-state index in [0.29, 0.717) is 18.9 Å². The third kappa shape index (κ3) is 3.44. The maximum atomic E-state index is 14.1. The molecule has 7 rings (SSSR count). The zero-order valence-electron chi connectivity index (χ0n) is 21.5. The molecule has 190 valence electrons. The highest BCUT2D eigenvalue weighted by molar-refractivity contribution is 6.20. The SMILES string of the molecule is CC#Cc1cc2c(cc1N1CCN(C3CCC3)CC1)C1(CCOCC1)c1[nH]c3cc(N)ccc3c1C2=O. The van der Waals surface area contributed by atoms with E-state index in [4.69, 9.17) is 10.5 Å². The first-order chi connectivity index (χ1) is 18.1. The summed E-state index contributed by atoms with van der Waals surface area (Å²) in [7, 11) is 0. The zero-order valence-corrected chi connectivity index (χ0v) is 21.5. The van der Waals surface area contributed by atoms with E-state index in [-0.39, 0.29) is 11.2 Å². The average molecular weight is 495 g/mol. The van der Waals surface area contributed by atoms with Crippen molar-refractivity contribution in [3.05, 3.63) is 58.3 Å². The third-order valence-electron chi connectivity index (χ3n) is 9.28. The van der Waals surface area contributed by atoms with Gasteiger partial charge in [-0.3, -0.25) is 9.69 Å². The first-order valence-electron chi connectivity index (χ1n) is 13.7. The monoisotopic (exact) mass is 494 g/mol. The number of hydrogen-bond acceptors (Lipinski definition) is 5. The van der Waals surface area contributed by atoms with Gasteiger partial charge in [0.15, 0.2) is 5.78 Å². The van der Waals surface area contributed by atoms with Crippen LogP contribution in [0, 0.1) is 11.8 Å². The van der Waals surface area contributed by atoms with Gasteiger partial charge in [0, 0.05) is 84.3 Å². The van der Waals surface area contributed by atoms with Crippen molar-refractivity contribution in [2.24, 2.45) is 0 Å². The molecule has 4 aliphatic rings. The van der Waals surface area contributed by atoms with Crippen molar-refractivity contribution >= 4 is 28.1 Å². The van der Waals surface area contributed by atoms with Gasteiger partial charge in [-0.1, -0.05) is 18.4 Å². The Bertz CT molecular complexity index is 1460. The van der Waals surface area contributed by atoms with Crippen molar-refractivity contribution in [1.29, 1.82) is 0 Å². The molecule has 0 radical (unpaired) electrons. The number of rotatable bonds is 2. The number of nitrogens with zero attached hydrogens (tertiary/aromatic N) is 2. The summed E-state index contributed by atoms with van der Waals surface area (Å²) in [5.41, 5.74) is 13.3. The molecule has 3 N–H and O–H groups in total. The lowest BCUT2D eigenvalue weighted by Crippen LogP contribution is -2.52. The number of benzene rings is 2. The Hall–Kier alpha value is -3.27. The molecule has 6 heteroatoms. The van der Waals surface area contributed by atoms with Crippen LogP contribution >= 0.6 is 0 Å². The number of carbonyl (C=O) groups excluding carboxylic acids is 1. The van der Waals surface area contributed by atoms with E-state index in [0.717, 1.165) is 83.9 Å². The predicted molar refractivity (Wildman–Crippen MR) is 147 cm³/mol. The van der Waals surface area contributed by atoms with Crippen LogP contribution in [-0.4, -0.2) is 61.1 Å². The number of piperazine rings is 1. The number of ether oxygens (including phenoxy) is 1. The Morgan fingerprint density at radius 3 is 2.57 bits per heavy atom. The summed E-state index contributed by atoms with van der Waals surface area (Å²) in [4.78, 5) is 23.0. The van der Waals surface area contributed by atoms with Gasteiger partial charge in [0.05, 0.1) is 11.3 Å². The summed E-state index contributed by atoms with van der Waals surface area (Å²) in [5.74, 6) is 6.54. The van der Waals surface area contributed by atoms with Gasteiger partial charge in [0.25, 0.3) is 0 Å². The number of hydrogen-bond donors (Lipinski definition) is 2. The van der Waals surface area contributed by atoms with Gasteiger partial charge in [0.2, 0.25) is 0 Å². The van der Waals surface area contributed by atoms with Crippen molar-refractivity contribution in [3.63, 3.8) is 0 Å². The molecule has 2 aromatic carbocycles. The van der Waals surface area contributed by atoms with Crippen molar-refractivity contribution in [2.75, 3.05) is 50.0 Å². The van der Waals surface area contributed by atoms with E-state index < -0.39 is 0 Å². The quantitative estimate of drug-likeness (QED) is 0.407. The Morgan fingerprint density at radius 1 is 1.08 bits per heavy atom. The maximum Gasteiger partial charge on any atom is 0.195 e. The minimum Gasteiger partial charge on any atom is -0.399 e. The summed E-state index contributed by atoms with van der Waals surface area (Å²) in [6.45, 7) is 7.40. The lowest BCUT2D eigenvalue weighted by molar-refractivity contribution is 0.0602. The number of ketones is 1. The number of H-pyrrole nitrogens is 1. The Kier molecular flexibility index (Phi) is 5.35. The minimum absolute atomic E-state index is 0.0821. The fourth-order valence-electron chi connectivity index (χ4n) is 7.07. The van der Waals surface area contributed by atoms with Gasteiger partial charge in [-0.15, -0.1) is 5.92 Å². The highest BCUT2D eigenvalue weighted by atomic mass is 16.5. The van der Waals surface area contributed by atoms with Crippen LogP contribution in [0.1, 0.15) is 71.8 Å². The second kappa shape index (κ2) is 8.65. The summed E-state index contributed by atoms with van der Waals surface area (Å²) < 4.78 is 5.85. The summed E-state index contributed by atoms with van der Waals surface area (Å²) in [6, 6.07) is 11.0. The summed E-state index contributed by atoms with van der Waals surface area (Å²) in [5, 5.41) is 0.949. The molecule has 1 saturated carbocycles. The molecular formula is C31H34N4O2. The van der Waals surface area contributed by atoms with Gasteiger partial charge in [-0.2, -0.15) is 0 Å². The van der Waals surface area contributed by atoms with Crippen LogP contribution in [0.5, 0.6) is 0 Å². The molecule has 2 saturated heterocycles. The highest BCUT2D eigenvalue weighted by Crippen LogP contribution is 2.51. The Balaban J connectivity index is 1.38. The minimum atomic E-state index is -0.286. The Morgan fingerprint density at radius 2 is 1.86 bits per heavy atom. The van der Waals surface area contributed by atoms with Gasteiger partial charge >= 0.3 is 0 Å². The van der Waals surface area contributed by atoms with Crippen LogP contribution in [-0.2, 0) is 10.2 Å². The second-order valence-electron chi connectivity index (χ2n) is 11.1. The van der Waals surface area contributed by atoms with Crippen LogP contribution in [0.4, 0.5) is 11.4 Å². The number of aromatic nitrogens is 1. The molecule has 2 aliphatic carbocycles. The highest BCUT2D eigenvalue weighted by Gasteiger charge is 2.47. The van der Waals surface area contributed by atoms with Crippen LogP contribution in [0.2, 0.25) is 0 Å². The van der Waals surface area contributed by atoms with Gasteiger partial charge < -0.3 is 20.4 Å². The molecule has 0 amide bonds.